The highest BCUT2D eigenvalue weighted by molar-refractivity contribution is 7.91. The van der Waals surface area contributed by atoms with Crippen molar-refractivity contribution < 1.29 is 13.2 Å². The van der Waals surface area contributed by atoms with Gasteiger partial charge in [0, 0.05) is 23.3 Å². The molecule has 2 aliphatic rings. The van der Waals surface area contributed by atoms with Crippen LogP contribution in [0.3, 0.4) is 0 Å². The van der Waals surface area contributed by atoms with Crippen LogP contribution in [-0.2, 0) is 21.2 Å². The van der Waals surface area contributed by atoms with Crippen molar-refractivity contribution in [1.29, 1.82) is 0 Å². The molecule has 2 aromatic carbocycles. The van der Waals surface area contributed by atoms with Crippen molar-refractivity contribution in [1.82, 2.24) is 4.90 Å². The molecule has 5 nitrogen and oxygen atoms in total. The van der Waals surface area contributed by atoms with Crippen LogP contribution in [-0.4, -0.2) is 49.4 Å². The second-order valence-corrected chi connectivity index (χ2v) is 10.4. The van der Waals surface area contributed by atoms with Gasteiger partial charge < -0.3 is 4.90 Å². The zero-order valence-corrected chi connectivity index (χ0v) is 17.5. The molecule has 4 rings (SSSR count). The maximum Gasteiger partial charge on any atom is 0.241 e. The van der Waals surface area contributed by atoms with Gasteiger partial charge in [0.25, 0.3) is 0 Å². The van der Waals surface area contributed by atoms with Gasteiger partial charge in [-0.15, -0.1) is 0 Å². The Kier molecular flexibility index (Phi) is 4.98. The number of aryl methyl sites for hydroxylation is 2. The molecule has 0 aromatic heterocycles. The Balaban J connectivity index is 1.67. The van der Waals surface area contributed by atoms with Gasteiger partial charge in [-0.1, -0.05) is 47.5 Å². The van der Waals surface area contributed by atoms with Crippen LogP contribution in [0.15, 0.2) is 42.5 Å². The quantitative estimate of drug-likeness (QED) is 0.768. The Morgan fingerprint density at radius 2 is 1.71 bits per heavy atom. The summed E-state index contributed by atoms with van der Waals surface area (Å²) in [4.78, 5) is 16.7. The van der Waals surface area contributed by atoms with Crippen LogP contribution in [0.1, 0.15) is 16.7 Å². The zero-order chi connectivity index (χ0) is 20.1. The molecule has 148 valence electrons. The number of carbonyl (C=O) groups is 1. The summed E-state index contributed by atoms with van der Waals surface area (Å²) in [5, 5.41) is 0.574. The zero-order valence-electron chi connectivity index (χ0n) is 15.9. The van der Waals surface area contributed by atoms with E-state index in [0.717, 1.165) is 11.1 Å². The van der Waals surface area contributed by atoms with Crippen molar-refractivity contribution in [2.45, 2.75) is 32.5 Å². The Morgan fingerprint density at radius 1 is 1.04 bits per heavy atom. The number of fused-ring (bicyclic) bond motifs is 1. The maximum atomic E-state index is 13.0. The standard InChI is InChI=1S/C21H23ClN2O3S/c1-14-3-6-16(7-4-14)10-23-11-21(25)24(17-8-5-15(2)18(22)9-17)20-13-28(26,27)12-19(20)23/h3-9,19-20H,10-13H2,1-2H3. The lowest BCUT2D eigenvalue weighted by molar-refractivity contribution is -0.123. The third-order valence-corrected chi connectivity index (χ3v) is 7.75. The number of nitrogens with zero attached hydrogens (tertiary/aromatic N) is 2. The summed E-state index contributed by atoms with van der Waals surface area (Å²) in [6.07, 6.45) is 0. The van der Waals surface area contributed by atoms with E-state index in [1.54, 1.807) is 11.0 Å². The predicted octanol–water partition coefficient (Wildman–Crippen LogP) is 2.97. The first-order valence-electron chi connectivity index (χ1n) is 9.32. The monoisotopic (exact) mass is 418 g/mol. The van der Waals surface area contributed by atoms with Crippen molar-refractivity contribution in [2.75, 3.05) is 23.0 Å². The Bertz CT molecular complexity index is 1020. The minimum Gasteiger partial charge on any atom is -0.306 e. The van der Waals surface area contributed by atoms with Crippen LogP contribution < -0.4 is 4.90 Å². The molecule has 1 amide bonds. The first-order chi connectivity index (χ1) is 13.2. The minimum atomic E-state index is -3.21. The number of piperazine rings is 1. The van der Waals surface area contributed by atoms with Crippen LogP contribution in [0.5, 0.6) is 0 Å². The molecule has 2 aliphatic heterocycles. The number of halogens is 1. The van der Waals surface area contributed by atoms with Crippen molar-refractivity contribution in [2.24, 2.45) is 0 Å². The average Bonchev–Trinajstić information content (AvgIpc) is 2.95. The minimum absolute atomic E-state index is 0.0146. The van der Waals surface area contributed by atoms with Gasteiger partial charge in [-0.3, -0.25) is 9.69 Å². The molecule has 0 spiro atoms. The summed E-state index contributed by atoms with van der Waals surface area (Å²) < 4.78 is 24.9. The molecule has 28 heavy (non-hydrogen) atoms. The summed E-state index contributed by atoms with van der Waals surface area (Å²) in [7, 11) is -3.21. The Labute approximate surface area is 170 Å². The van der Waals surface area contributed by atoms with Crippen molar-refractivity contribution >= 4 is 33.0 Å². The second-order valence-electron chi connectivity index (χ2n) is 7.80. The first kappa shape index (κ1) is 19.4. The fourth-order valence-electron chi connectivity index (χ4n) is 4.13. The summed E-state index contributed by atoms with van der Waals surface area (Å²) in [6.45, 7) is 4.68. The fraction of sp³-hybridized carbons (Fsp3) is 0.381. The van der Waals surface area contributed by atoms with Gasteiger partial charge in [0.05, 0.1) is 24.1 Å². The number of anilines is 1. The normalized spacial score (nSPS) is 24.4. The summed E-state index contributed by atoms with van der Waals surface area (Å²) >= 11 is 6.26. The van der Waals surface area contributed by atoms with Crippen LogP contribution in [0, 0.1) is 13.8 Å². The van der Waals surface area contributed by atoms with Gasteiger partial charge >= 0.3 is 0 Å². The first-order valence-corrected chi connectivity index (χ1v) is 11.5. The van der Waals surface area contributed by atoms with Gasteiger partial charge in [0.1, 0.15) is 0 Å². The van der Waals surface area contributed by atoms with Crippen molar-refractivity contribution in [3.05, 3.63) is 64.2 Å². The highest BCUT2D eigenvalue weighted by Crippen LogP contribution is 2.34. The van der Waals surface area contributed by atoms with Crippen LogP contribution in [0.2, 0.25) is 5.02 Å². The third-order valence-electron chi connectivity index (χ3n) is 5.64. The molecular formula is C21H23ClN2O3S. The molecule has 0 bridgehead atoms. The number of amides is 1. The van der Waals surface area contributed by atoms with E-state index < -0.39 is 15.9 Å². The molecule has 0 aliphatic carbocycles. The number of sulfone groups is 1. The topological polar surface area (TPSA) is 57.7 Å². The number of benzene rings is 2. The summed E-state index contributed by atoms with van der Waals surface area (Å²) in [5.41, 5.74) is 3.84. The number of carbonyl (C=O) groups excluding carboxylic acids is 1. The smallest absolute Gasteiger partial charge is 0.241 e. The molecule has 0 N–H and O–H groups in total. The average molecular weight is 419 g/mol. The van der Waals surface area contributed by atoms with Crippen LogP contribution >= 0.6 is 11.6 Å². The molecule has 2 unspecified atom stereocenters. The van der Waals surface area contributed by atoms with Crippen molar-refractivity contribution in [3.8, 4) is 0 Å². The lowest BCUT2D eigenvalue weighted by atomic mass is 10.0. The van der Waals surface area contributed by atoms with Crippen LogP contribution in [0.25, 0.3) is 0 Å². The fourth-order valence-corrected chi connectivity index (χ4v) is 6.28. The van der Waals surface area contributed by atoms with Gasteiger partial charge in [-0.05, 0) is 37.1 Å². The predicted molar refractivity (Wildman–Crippen MR) is 111 cm³/mol. The van der Waals surface area contributed by atoms with Gasteiger partial charge in [0.15, 0.2) is 9.84 Å². The van der Waals surface area contributed by atoms with Gasteiger partial charge in [-0.2, -0.15) is 0 Å². The molecule has 2 aromatic rings. The van der Waals surface area contributed by atoms with Gasteiger partial charge in [-0.25, -0.2) is 8.42 Å². The molecule has 2 heterocycles. The van der Waals surface area contributed by atoms with E-state index in [0.29, 0.717) is 17.3 Å². The van der Waals surface area contributed by atoms with E-state index in [2.05, 4.69) is 0 Å². The van der Waals surface area contributed by atoms with E-state index in [9.17, 15) is 13.2 Å². The summed E-state index contributed by atoms with van der Waals surface area (Å²) in [5.74, 6) is -0.0305. The lowest BCUT2D eigenvalue weighted by Gasteiger charge is -2.43. The van der Waals surface area contributed by atoms with E-state index in [1.165, 1.54) is 5.56 Å². The van der Waals surface area contributed by atoms with E-state index in [-0.39, 0.29) is 30.0 Å². The Hall–Kier alpha value is -1.89. The summed E-state index contributed by atoms with van der Waals surface area (Å²) in [6, 6.07) is 13.0. The van der Waals surface area contributed by atoms with E-state index in [1.807, 2.05) is 55.1 Å². The number of hydrogen-bond donors (Lipinski definition) is 0. The number of hydrogen-bond acceptors (Lipinski definition) is 4. The molecule has 0 saturated carbocycles. The number of rotatable bonds is 3. The molecule has 2 saturated heterocycles. The van der Waals surface area contributed by atoms with E-state index in [4.69, 9.17) is 11.6 Å². The molecule has 2 fully saturated rings. The highest BCUT2D eigenvalue weighted by Gasteiger charge is 2.49. The Morgan fingerprint density at radius 3 is 2.39 bits per heavy atom. The van der Waals surface area contributed by atoms with Gasteiger partial charge in [0.2, 0.25) is 5.91 Å². The molecule has 2 atom stereocenters. The molecule has 0 radical (unpaired) electrons. The maximum absolute atomic E-state index is 13.0. The van der Waals surface area contributed by atoms with E-state index >= 15 is 0 Å². The third kappa shape index (κ3) is 3.69. The SMILES string of the molecule is Cc1ccc(CN2CC(=O)N(c3ccc(C)c(Cl)c3)C3CS(=O)(=O)CC32)cc1. The highest BCUT2D eigenvalue weighted by atomic mass is 35.5. The second kappa shape index (κ2) is 7.17. The van der Waals surface area contributed by atoms with Crippen LogP contribution in [0.4, 0.5) is 5.69 Å². The molecule has 7 heteroatoms. The van der Waals surface area contributed by atoms with Crippen molar-refractivity contribution in [3.63, 3.8) is 0 Å². The molecular weight excluding hydrogens is 396 g/mol. The largest absolute Gasteiger partial charge is 0.306 e. The lowest BCUT2D eigenvalue weighted by Crippen LogP contribution is -2.61.